The third-order valence-corrected chi connectivity index (χ3v) is 5.14. The summed E-state index contributed by atoms with van der Waals surface area (Å²) in [4.78, 5) is 23.8. The van der Waals surface area contributed by atoms with Crippen molar-refractivity contribution >= 4 is 44.9 Å². The van der Waals surface area contributed by atoms with Crippen LogP contribution in [0.2, 0.25) is 5.02 Å². The van der Waals surface area contributed by atoms with Gasteiger partial charge in [-0.1, -0.05) is 11.6 Å². The minimum Gasteiger partial charge on any atom is -0.465 e. The number of amides is 1. The molecule has 0 fully saturated rings. The van der Waals surface area contributed by atoms with Gasteiger partial charge >= 0.3 is 5.97 Å². The number of ether oxygens (including phenoxy) is 1. The zero-order chi connectivity index (χ0) is 19.5. The quantitative estimate of drug-likeness (QED) is 0.784. The second kappa shape index (κ2) is 7.76. The van der Waals surface area contributed by atoms with Crippen molar-refractivity contribution < 1.29 is 22.7 Å². The summed E-state index contributed by atoms with van der Waals surface area (Å²) in [6.45, 7) is 0. The van der Waals surface area contributed by atoms with Gasteiger partial charge in [-0.25, -0.2) is 13.2 Å². The van der Waals surface area contributed by atoms with E-state index in [4.69, 9.17) is 11.6 Å². The van der Waals surface area contributed by atoms with Gasteiger partial charge in [-0.2, -0.15) is 0 Å². The summed E-state index contributed by atoms with van der Waals surface area (Å²) in [6.07, 6.45) is 1.07. The molecule has 0 aliphatic rings. The van der Waals surface area contributed by atoms with Crippen molar-refractivity contribution in [3.05, 3.63) is 58.6 Å². The number of sulfonamides is 1. The average Bonchev–Trinajstić information content (AvgIpc) is 2.60. The predicted molar refractivity (Wildman–Crippen MR) is 100 cm³/mol. The number of carbonyl (C=O) groups is 2. The minimum absolute atomic E-state index is 0.113. The molecule has 0 saturated carbocycles. The van der Waals surface area contributed by atoms with Gasteiger partial charge in [0.05, 0.1) is 35.2 Å². The Kier molecular flexibility index (Phi) is 5.89. The van der Waals surface area contributed by atoms with Crippen LogP contribution in [-0.2, 0) is 14.8 Å². The predicted octanol–water partition coefficient (Wildman–Crippen LogP) is 2.77. The maximum absolute atomic E-state index is 12.4. The molecule has 0 heterocycles. The summed E-state index contributed by atoms with van der Waals surface area (Å²) in [6, 6.07) is 10.5. The van der Waals surface area contributed by atoms with Crippen molar-refractivity contribution in [2.45, 2.75) is 0 Å². The summed E-state index contributed by atoms with van der Waals surface area (Å²) in [5.74, 6) is -0.939. The van der Waals surface area contributed by atoms with Crippen LogP contribution in [0.5, 0.6) is 0 Å². The van der Waals surface area contributed by atoms with Gasteiger partial charge in [0, 0.05) is 12.7 Å². The van der Waals surface area contributed by atoms with Gasteiger partial charge < -0.3 is 10.1 Å². The van der Waals surface area contributed by atoms with Crippen molar-refractivity contribution in [2.24, 2.45) is 0 Å². The number of anilines is 2. The molecule has 2 rings (SSSR count). The van der Waals surface area contributed by atoms with E-state index in [-0.39, 0.29) is 10.6 Å². The Morgan fingerprint density at radius 3 is 2.23 bits per heavy atom. The monoisotopic (exact) mass is 396 g/mol. The molecule has 26 heavy (non-hydrogen) atoms. The highest BCUT2D eigenvalue weighted by Crippen LogP contribution is 2.25. The molecule has 1 amide bonds. The molecule has 0 radical (unpaired) electrons. The summed E-state index contributed by atoms with van der Waals surface area (Å²) >= 11 is 6.13. The van der Waals surface area contributed by atoms with E-state index >= 15 is 0 Å². The summed E-state index contributed by atoms with van der Waals surface area (Å²) in [5.41, 5.74) is 1.36. The molecule has 7 nitrogen and oxygen atoms in total. The van der Waals surface area contributed by atoms with Crippen molar-refractivity contribution in [1.29, 1.82) is 0 Å². The van der Waals surface area contributed by atoms with Crippen molar-refractivity contribution in [1.82, 2.24) is 0 Å². The number of nitrogens with one attached hydrogen (secondary N) is 1. The normalized spacial score (nSPS) is 10.9. The maximum Gasteiger partial charge on any atom is 0.337 e. The van der Waals surface area contributed by atoms with Crippen LogP contribution in [0.3, 0.4) is 0 Å². The fourth-order valence-corrected chi connectivity index (χ4v) is 2.84. The number of methoxy groups -OCH3 is 1. The summed E-state index contributed by atoms with van der Waals surface area (Å²) in [5, 5.41) is 2.77. The lowest BCUT2D eigenvalue weighted by Crippen LogP contribution is -2.25. The first-order chi connectivity index (χ1) is 12.1. The maximum atomic E-state index is 12.4. The number of benzene rings is 2. The molecular formula is C17H17ClN2O5S. The first kappa shape index (κ1) is 19.7. The molecule has 138 valence electrons. The number of esters is 1. The van der Waals surface area contributed by atoms with E-state index in [1.165, 1.54) is 44.5 Å². The van der Waals surface area contributed by atoms with Crippen LogP contribution in [-0.4, -0.2) is 40.7 Å². The summed E-state index contributed by atoms with van der Waals surface area (Å²) in [7, 11) is -0.756. The van der Waals surface area contributed by atoms with Gasteiger partial charge in [-0.05, 0) is 42.5 Å². The third kappa shape index (κ3) is 4.53. The second-order valence-electron chi connectivity index (χ2n) is 5.42. The molecule has 2 aromatic rings. The van der Waals surface area contributed by atoms with Gasteiger partial charge in [-0.15, -0.1) is 0 Å². The van der Waals surface area contributed by atoms with E-state index in [0.29, 0.717) is 16.9 Å². The molecule has 0 aromatic heterocycles. The average molecular weight is 397 g/mol. The molecule has 9 heteroatoms. The standard InChI is InChI=1S/C17H17ClN2O5S/c1-20(26(3,23)24)13-8-9-14(15(18)10-13)16(21)19-12-6-4-11(5-7-12)17(22)25-2/h4-10H,1-3H3,(H,19,21). The highest BCUT2D eigenvalue weighted by Gasteiger charge is 2.16. The van der Waals surface area contributed by atoms with Crippen LogP contribution >= 0.6 is 11.6 Å². The molecule has 1 N–H and O–H groups in total. The van der Waals surface area contributed by atoms with E-state index in [1.807, 2.05) is 0 Å². The first-order valence-corrected chi connectivity index (χ1v) is 9.59. The second-order valence-corrected chi connectivity index (χ2v) is 7.84. The van der Waals surface area contributed by atoms with Crippen molar-refractivity contribution in [3.8, 4) is 0 Å². The SMILES string of the molecule is COC(=O)c1ccc(NC(=O)c2ccc(N(C)S(C)(=O)=O)cc2Cl)cc1. The van der Waals surface area contributed by atoms with Crippen molar-refractivity contribution in [3.63, 3.8) is 0 Å². The Morgan fingerprint density at radius 1 is 1.12 bits per heavy atom. The van der Waals surface area contributed by atoms with Crippen LogP contribution in [0, 0.1) is 0 Å². The minimum atomic E-state index is -3.43. The molecule has 0 unspecified atom stereocenters. The zero-order valence-electron chi connectivity index (χ0n) is 14.3. The van der Waals surface area contributed by atoms with Gasteiger partial charge in [0.2, 0.25) is 10.0 Å². The molecule has 0 bridgehead atoms. The van der Waals surface area contributed by atoms with E-state index < -0.39 is 21.9 Å². The summed E-state index contributed by atoms with van der Waals surface area (Å²) < 4.78 is 28.8. The fourth-order valence-electron chi connectivity index (χ4n) is 2.08. The van der Waals surface area contributed by atoms with Crippen LogP contribution in [0.15, 0.2) is 42.5 Å². The smallest absolute Gasteiger partial charge is 0.337 e. The van der Waals surface area contributed by atoms with Gasteiger partial charge in [0.1, 0.15) is 0 Å². The Balaban J connectivity index is 2.18. The van der Waals surface area contributed by atoms with Gasteiger partial charge in [0.25, 0.3) is 5.91 Å². The molecule has 0 spiro atoms. The molecule has 0 atom stereocenters. The van der Waals surface area contributed by atoms with Crippen LogP contribution in [0.25, 0.3) is 0 Å². The number of halogens is 1. The molecule has 0 aliphatic carbocycles. The highest BCUT2D eigenvalue weighted by atomic mass is 35.5. The van der Waals surface area contributed by atoms with Crippen LogP contribution in [0.1, 0.15) is 20.7 Å². The lowest BCUT2D eigenvalue weighted by atomic mass is 10.1. The first-order valence-electron chi connectivity index (χ1n) is 7.36. The van der Waals surface area contributed by atoms with E-state index in [0.717, 1.165) is 10.6 Å². The Labute approximate surface area is 156 Å². The Morgan fingerprint density at radius 2 is 1.73 bits per heavy atom. The molecule has 2 aromatic carbocycles. The Bertz CT molecular complexity index is 942. The van der Waals surface area contributed by atoms with Crippen LogP contribution in [0.4, 0.5) is 11.4 Å². The topological polar surface area (TPSA) is 92.8 Å². The van der Waals surface area contributed by atoms with E-state index in [2.05, 4.69) is 10.1 Å². The number of hydrogen-bond acceptors (Lipinski definition) is 5. The number of hydrogen-bond donors (Lipinski definition) is 1. The number of carbonyl (C=O) groups excluding carboxylic acids is 2. The van der Waals surface area contributed by atoms with Gasteiger partial charge in [-0.3, -0.25) is 9.10 Å². The fraction of sp³-hybridized carbons (Fsp3) is 0.176. The number of rotatable bonds is 5. The largest absolute Gasteiger partial charge is 0.465 e. The Hall–Kier alpha value is -2.58. The van der Waals surface area contributed by atoms with Crippen molar-refractivity contribution in [2.75, 3.05) is 30.0 Å². The van der Waals surface area contributed by atoms with Gasteiger partial charge in [0.15, 0.2) is 0 Å². The molecular weight excluding hydrogens is 380 g/mol. The van der Waals surface area contributed by atoms with E-state index in [9.17, 15) is 18.0 Å². The molecule has 0 saturated heterocycles. The zero-order valence-corrected chi connectivity index (χ0v) is 15.9. The number of nitrogens with zero attached hydrogens (tertiary/aromatic N) is 1. The lowest BCUT2D eigenvalue weighted by Gasteiger charge is -2.17. The highest BCUT2D eigenvalue weighted by molar-refractivity contribution is 7.92. The van der Waals surface area contributed by atoms with E-state index in [1.54, 1.807) is 12.1 Å². The molecule has 0 aliphatic heterocycles. The lowest BCUT2D eigenvalue weighted by molar-refractivity contribution is 0.0600. The van der Waals surface area contributed by atoms with Crippen LogP contribution < -0.4 is 9.62 Å². The third-order valence-electron chi connectivity index (χ3n) is 3.62.